The molecule has 0 saturated carbocycles. The van der Waals surface area contributed by atoms with Crippen LogP contribution in [0.15, 0.2) is 35.8 Å². The Morgan fingerprint density at radius 1 is 1.24 bits per heavy atom. The molecule has 11 heteroatoms. The molecule has 0 unspecified atom stereocenters. The van der Waals surface area contributed by atoms with Gasteiger partial charge in [0.2, 0.25) is 5.91 Å². The van der Waals surface area contributed by atoms with Crippen LogP contribution in [0, 0.1) is 12.3 Å². The summed E-state index contributed by atoms with van der Waals surface area (Å²) in [4.78, 5) is 45.0. The second-order valence-electron chi connectivity index (χ2n) is 9.52. The predicted molar refractivity (Wildman–Crippen MR) is 131 cm³/mol. The molecule has 1 aliphatic heterocycles. The van der Waals surface area contributed by atoms with Crippen molar-refractivity contribution in [1.82, 2.24) is 34.4 Å². The molecule has 1 saturated heterocycles. The first kappa shape index (κ1) is 20.9. The van der Waals surface area contributed by atoms with Gasteiger partial charge in [-0.1, -0.05) is 13.8 Å². The first-order valence-corrected chi connectivity index (χ1v) is 11.7. The number of anilines is 1. The van der Waals surface area contributed by atoms with E-state index in [1.165, 1.54) is 17.7 Å². The van der Waals surface area contributed by atoms with Gasteiger partial charge in [0.1, 0.15) is 27.6 Å². The van der Waals surface area contributed by atoms with Crippen LogP contribution in [0.3, 0.4) is 0 Å². The van der Waals surface area contributed by atoms with E-state index in [4.69, 9.17) is 0 Å². The molecule has 0 bridgehead atoms. The molecule has 0 aliphatic carbocycles. The van der Waals surface area contributed by atoms with E-state index in [0.29, 0.717) is 34.2 Å². The Morgan fingerprint density at radius 3 is 2.82 bits per heavy atom. The summed E-state index contributed by atoms with van der Waals surface area (Å²) in [5, 5.41) is 8.02. The van der Waals surface area contributed by atoms with Crippen molar-refractivity contribution in [2.75, 3.05) is 25.0 Å². The summed E-state index contributed by atoms with van der Waals surface area (Å²) in [5.41, 5.74) is 3.95. The summed E-state index contributed by atoms with van der Waals surface area (Å²) in [6, 6.07) is 1.73. The molecule has 0 spiro atoms. The average Bonchev–Trinajstić information content (AvgIpc) is 3.31. The minimum absolute atomic E-state index is 0.102. The summed E-state index contributed by atoms with van der Waals surface area (Å²) in [6.45, 7) is 8.42. The molecule has 1 amide bonds. The Labute approximate surface area is 197 Å². The van der Waals surface area contributed by atoms with Gasteiger partial charge in [-0.2, -0.15) is 5.10 Å². The van der Waals surface area contributed by atoms with Gasteiger partial charge in [-0.15, -0.1) is 11.3 Å². The molecule has 2 N–H and O–H groups in total. The standard InChI is InChI=1S/C23H22N8O2S/c1-12-14(6-24-11-26-12)16-7-31-22(34-16)18-20(29-31)19-15(28-21(18)33)4-13(5-25-19)27-17(32)8-30-9-23(2,3)10-30/h4-7,11H,8-10H2,1-3H3,(H,27,32)(H,28,33). The molecule has 6 heterocycles. The lowest BCUT2D eigenvalue weighted by molar-refractivity contribution is -0.120. The predicted octanol–water partition coefficient (Wildman–Crippen LogP) is 2.83. The van der Waals surface area contributed by atoms with Crippen molar-refractivity contribution >= 4 is 49.7 Å². The van der Waals surface area contributed by atoms with Crippen molar-refractivity contribution in [3.63, 3.8) is 0 Å². The maximum Gasteiger partial charge on any atom is 0.261 e. The molecule has 1 fully saturated rings. The van der Waals surface area contributed by atoms with Crippen LogP contribution < -0.4 is 10.9 Å². The lowest BCUT2D eigenvalue weighted by Gasteiger charge is -2.45. The lowest BCUT2D eigenvalue weighted by atomic mass is 9.84. The molecule has 5 aromatic heterocycles. The number of thiazole rings is 1. The number of fused-ring (bicyclic) bond motifs is 5. The Bertz CT molecular complexity index is 1660. The number of aromatic nitrogens is 6. The molecule has 6 rings (SSSR count). The molecular weight excluding hydrogens is 452 g/mol. The fourth-order valence-electron chi connectivity index (χ4n) is 4.66. The molecule has 5 aromatic rings. The van der Waals surface area contributed by atoms with Gasteiger partial charge < -0.3 is 10.3 Å². The van der Waals surface area contributed by atoms with Gasteiger partial charge >= 0.3 is 0 Å². The van der Waals surface area contributed by atoms with Crippen molar-refractivity contribution in [1.29, 1.82) is 0 Å². The Balaban J connectivity index is 1.34. The summed E-state index contributed by atoms with van der Waals surface area (Å²) in [7, 11) is 0. The van der Waals surface area contributed by atoms with Crippen molar-refractivity contribution in [2.45, 2.75) is 20.8 Å². The summed E-state index contributed by atoms with van der Waals surface area (Å²) >= 11 is 1.46. The van der Waals surface area contributed by atoms with Gasteiger partial charge in [-0.25, -0.2) is 14.5 Å². The first-order valence-electron chi connectivity index (χ1n) is 10.9. The van der Waals surface area contributed by atoms with Crippen LogP contribution >= 0.6 is 11.3 Å². The summed E-state index contributed by atoms with van der Waals surface area (Å²) in [5.74, 6) is -0.102. The number of aromatic amines is 1. The van der Waals surface area contributed by atoms with Crippen LogP contribution in [0.4, 0.5) is 5.69 Å². The number of nitrogens with zero attached hydrogens (tertiary/aromatic N) is 6. The van der Waals surface area contributed by atoms with E-state index in [1.54, 1.807) is 23.0 Å². The maximum atomic E-state index is 13.0. The number of H-pyrrole nitrogens is 1. The number of hydrogen-bond acceptors (Lipinski definition) is 8. The number of hydrogen-bond donors (Lipinski definition) is 2. The van der Waals surface area contributed by atoms with Crippen molar-refractivity contribution in [3.8, 4) is 10.4 Å². The third kappa shape index (κ3) is 3.44. The molecule has 0 aromatic carbocycles. The smallest absolute Gasteiger partial charge is 0.261 e. The fourth-order valence-corrected chi connectivity index (χ4v) is 5.80. The number of aryl methyl sites for hydroxylation is 1. The van der Waals surface area contributed by atoms with E-state index in [0.717, 1.165) is 34.1 Å². The van der Waals surface area contributed by atoms with Crippen LogP contribution in [0.1, 0.15) is 19.5 Å². The molecule has 10 nitrogen and oxygen atoms in total. The largest absolute Gasteiger partial charge is 0.324 e. The van der Waals surface area contributed by atoms with E-state index in [2.05, 4.69) is 49.1 Å². The van der Waals surface area contributed by atoms with Crippen LogP contribution in [0.25, 0.3) is 37.2 Å². The van der Waals surface area contributed by atoms with E-state index in [1.807, 2.05) is 13.1 Å². The molecular formula is C23H22N8O2S. The highest BCUT2D eigenvalue weighted by atomic mass is 32.1. The van der Waals surface area contributed by atoms with Gasteiger partial charge in [-0.05, 0) is 18.4 Å². The van der Waals surface area contributed by atoms with E-state index < -0.39 is 0 Å². The normalized spacial score (nSPS) is 15.7. The minimum Gasteiger partial charge on any atom is -0.324 e. The second-order valence-corrected chi connectivity index (χ2v) is 10.6. The van der Waals surface area contributed by atoms with Crippen LogP contribution in [-0.2, 0) is 4.79 Å². The third-order valence-electron chi connectivity index (χ3n) is 6.03. The van der Waals surface area contributed by atoms with E-state index >= 15 is 0 Å². The van der Waals surface area contributed by atoms with Gasteiger partial charge in [0.25, 0.3) is 5.56 Å². The quantitative estimate of drug-likeness (QED) is 0.411. The number of rotatable bonds is 4. The molecule has 0 atom stereocenters. The monoisotopic (exact) mass is 474 g/mol. The number of carbonyl (C=O) groups excluding carboxylic acids is 1. The van der Waals surface area contributed by atoms with Crippen molar-refractivity contribution in [3.05, 3.63) is 47.0 Å². The number of amides is 1. The molecule has 0 radical (unpaired) electrons. The lowest BCUT2D eigenvalue weighted by Crippen LogP contribution is -2.54. The topological polar surface area (TPSA) is 121 Å². The highest BCUT2D eigenvalue weighted by Crippen LogP contribution is 2.34. The van der Waals surface area contributed by atoms with Crippen LogP contribution in [-0.4, -0.2) is 60.0 Å². The summed E-state index contributed by atoms with van der Waals surface area (Å²) in [6.07, 6.45) is 6.75. The highest BCUT2D eigenvalue weighted by Gasteiger charge is 2.34. The average molecular weight is 475 g/mol. The molecule has 172 valence electrons. The highest BCUT2D eigenvalue weighted by molar-refractivity contribution is 7.21. The van der Waals surface area contributed by atoms with E-state index in [-0.39, 0.29) is 16.9 Å². The zero-order valence-corrected chi connectivity index (χ0v) is 19.7. The van der Waals surface area contributed by atoms with Crippen molar-refractivity contribution < 1.29 is 4.79 Å². The first-order chi connectivity index (χ1) is 16.3. The maximum absolute atomic E-state index is 13.0. The zero-order valence-electron chi connectivity index (χ0n) is 18.9. The Hall–Kier alpha value is -3.70. The Kier molecular flexibility index (Phi) is 4.55. The number of carbonyl (C=O) groups is 1. The zero-order chi connectivity index (χ0) is 23.6. The van der Waals surface area contributed by atoms with Crippen LogP contribution in [0.5, 0.6) is 0 Å². The Morgan fingerprint density at radius 2 is 2.06 bits per heavy atom. The van der Waals surface area contributed by atoms with E-state index in [9.17, 15) is 9.59 Å². The minimum atomic E-state index is -0.250. The number of pyridine rings is 2. The molecule has 34 heavy (non-hydrogen) atoms. The SMILES string of the molecule is Cc1ncncc1-c1cn2nc3c4ncc(NC(=O)CN5CC(C)(C)C5)cc4[nH]c(=O)c3c2s1. The van der Waals surface area contributed by atoms with Gasteiger partial charge in [-0.3, -0.25) is 19.5 Å². The molecule has 1 aliphatic rings. The summed E-state index contributed by atoms with van der Waals surface area (Å²) < 4.78 is 1.71. The fraction of sp³-hybridized carbons (Fsp3) is 0.304. The second kappa shape index (κ2) is 7.40. The number of likely N-dealkylation sites (tertiary alicyclic amines) is 1. The van der Waals surface area contributed by atoms with Gasteiger partial charge in [0, 0.05) is 36.7 Å². The van der Waals surface area contributed by atoms with Crippen LogP contribution in [0.2, 0.25) is 0 Å². The van der Waals surface area contributed by atoms with Gasteiger partial charge in [0.05, 0.1) is 28.8 Å². The number of nitrogens with one attached hydrogen (secondary N) is 2. The van der Waals surface area contributed by atoms with Gasteiger partial charge in [0.15, 0.2) is 0 Å². The third-order valence-corrected chi connectivity index (χ3v) is 7.16. The van der Waals surface area contributed by atoms with Crippen molar-refractivity contribution in [2.24, 2.45) is 5.41 Å².